The summed E-state index contributed by atoms with van der Waals surface area (Å²) in [6.45, 7) is 4.29. The SMILES string of the molecule is CCOC(=O)N1CCC23C(=Nc4ccc(OCc5ccccc5)cc42)CCC[C@H]3C1. The summed E-state index contributed by atoms with van der Waals surface area (Å²) in [5.74, 6) is 1.27. The van der Waals surface area contributed by atoms with E-state index in [4.69, 9.17) is 14.5 Å². The monoisotopic (exact) mass is 404 g/mol. The number of likely N-dealkylation sites (tertiary alicyclic amines) is 1. The maximum Gasteiger partial charge on any atom is 0.409 e. The first-order valence-corrected chi connectivity index (χ1v) is 11.0. The summed E-state index contributed by atoms with van der Waals surface area (Å²) in [4.78, 5) is 19.3. The zero-order valence-corrected chi connectivity index (χ0v) is 17.5. The fraction of sp³-hybridized carbons (Fsp3) is 0.440. The van der Waals surface area contributed by atoms with Crippen LogP contribution >= 0.6 is 0 Å². The molecule has 1 saturated heterocycles. The molecule has 0 aromatic heterocycles. The predicted octanol–water partition coefficient (Wildman–Crippen LogP) is 5.25. The van der Waals surface area contributed by atoms with Crippen LogP contribution in [0.5, 0.6) is 5.75 Å². The molecule has 1 spiro atoms. The summed E-state index contributed by atoms with van der Waals surface area (Å²) in [5, 5.41) is 0. The number of nitrogens with zero attached hydrogens (tertiary/aromatic N) is 2. The van der Waals surface area contributed by atoms with Gasteiger partial charge in [0.2, 0.25) is 0 Å². The lowest BCUT2D eigenvalue weighted by Gasteiger charge is -2.49. The molecule has 5 rings (SSSR count). The van der Waals surface area contributed by atoms with Crippen molar-refractivity contribution in [2.75, 3.05) is 19.7 Å². The van der Waals surface area contributed by atoms with Gasteiger partial charge in [-0.1, -0.05) is 30.3 Å². The predicted molar refractivity (Wildman–Crippen MR) is 117 cm³/mol. The average molecular weight is 405 g/mol. The van der Waals surface area contributed by atoms with Crippen molar-refractivity contribution >= 4 is 17.5 Å². The number of carbonyl (C=O) groups is 1. The van der Waals surface area contributed by atoms with Gasteiger partial charge in [0.05, 0.1) is 12.3 Å². The molecule has 0 N–H and O–H groups in total. The Hall–Kier alpha value is -2.82. The van der Waals surface area contributed by atoms with E-state index in [2.05, 4.69) is 24.3 Å². The van der Waals surface area contributed by atoms with Crippen molar-refractivity contribution in [3.8, 4) is 5.75 Å². The molecule has 156 valence electrons. The van der Waals surface area contributed by atoms with E-state index >= 15 is 0 Å². The minimum Gasteiger partial charge on any atom is -0.489 e. The molecular formula is C25H28N2O3. The molecule has 2 aliphatic heterocycles. The van der Waals surface area contributed by atoms with Crippen molar-refractivity contribution < 1.29 is 14.3 Å². The number of rotatable bonds is 4. The molecular weight excluding hydrogens is 376 g/mol. The average Bonchev–Trinajstić information content (AvgIpc) is 3.11. The zero-order chi connectivity index (χ0) is 20.6. The van der Waals surface area contributed by atoms with Crippen molar-refractivity contribution in [2.45, 2.75) is 44.6 Å². The number of aliphatic imine (C=N–C) groups is 1. The van der Waals surface area contributed by atoms with Crippen LogP contribution in [0.1, 0.15) is 43.7 Å². The molecule has 0 radical (unpaired) electrons. The molecule has 1 saturated carbocycles. The third kappa shape index (κ3) is 3.17. The molecule has 2 fully saturated rings. The molecule has 5 nitrogen and oxygen atoms in total. The Kier molecular flexibility index (Phi) is 4.97. The van der Waals surface area contributed by atoms with Crippen molar-refractivity contribution in [1.29, 1.82) is 0 Å². The van der Waals surface area contributed by atoms with Gasteiger partial charge in [-0.3, -0.25) is 4.99 Å². The van der Waals surface area contributed by atoms with E-state index in [1.165, 1.54) is 11.3 Å². The summed E-state index contributed by atoms with van der Waals surface area (Å²) in [6.07, 6.45) is 4.01. The highest BCUT2D eigenvalue weighted by atomic mass is 16.6. The van der Waals surface area contributed by atoms with Crippen LogP contribution in [0.15, 0.2) is 53.5 Å². The number of hydrogen-bond donors (Lipinski definition) is 0. The Labute approximate surface area is 177 Å². The first kappa shape index (κ1) is 19.2. The van der Waals surface area contributed by atoms with Gasteiger partial charge in [-0.2, -0.15) is 0 Å². The number of benzene rings is 2. The van der Waals surface area contributed by atoms with Crippen LogP contribution in [0, 0.1) is 5.92 Å². The van der Waals surface area contributed by atoms with E-state index < -0.39 is 0 Å². The van der Waals surface area contributed by atoms with E-state index in [1.807, 2.05) is 36.1 Å². The van der Waals surface area contributed by atoms with Crippen molar-refractivity contribution in [2.24, 2.45) is 10.9 Å². The topological polar surface area (TPSA) is 51.1 Å². The summed E-state index contributed by atoms with van der Waals surface area (Å²) >= 11 is 0. The normalized spacial score (nSPS) is 24.4. The van der Waals surface area contributed by atoms with Crippen molar-refractivity contribution in [3.05, 3.63) is 59.7 Å². The second kappa shape index (κ2) is 7.78. The lowest BCUT2D eigenvalue weighted by atomic mass is 9.59. The van der Waals surface area contributed by atoms with E-state index in [-0.39, 0.29) is 11.5 Å². The Balaban J connectivity index is 1.41. The molecule has 1 aliphatic carbocycles. The van der Waals surface area contributed by atoms with Gasteiger partial charge in [-0.25, -0.2) is 4.79 Å². The van der Waals surface area contributed by atoms with Crippen LogP contribution in [-0.2, 0) is 16.8 Å². The molecule has 30 heavy (non-hydrogen) atoms. The Morgan fingerprint density at radius 3 is 2.93 bits per heavy atom. The number of hydrogen-bond acceptors (Lipinski definition) is 4. The molecule has 3 aliphatic rings. The summed E-state index contributed by atoms with van der Waals surface area (Å²) in [7, 11) is 0. The first-order chi connectivity index (χ1) is 14.7. The standard InChI is InChI=1S/C25H28N2O3/c1-2-29-24(28)27-14-13-25-19(16-27)9-6-10-23(25)26-22-12-11-20(15-21(22)25)30-17-18-7-4-3-5-8-18/h3-5,7-8,11-12,15,19H,2,6,9-10,13-14,16-17H2,1H3/t19-,25?/m0/s1. The van der Waals surface area contributed by atoms with Gasteiger partial charge in [0, 0.05) is 24.2 Å². The largest absolute Gasteiger partial charge is 0.489 e. The molecule has 2 aromatic carbocycles. The van der Waals surface area contributed by atoms with Gasteiger partial charge in [-0.15, -0.1) is 0 Å². The maximum atomic E-state index is 12.3. The fourth-order valence-corrected chi connectivity index (χ4v) is 5.48. The van der Waals surface area contributed by atoms with E-state index in [9.17, 15) is 4.79 Å². The molecule has 2 atom stereocenters. The van der Waals surface area contributed by atoms with Gasteiger partial charge < -0.3 is 14.4 Å². The van der Waals surface area contributed by atoms with Crippen LogP contribution in [-0.4, -0.2) is 36.4 Å². The third-order valence-electron chi connectivity index (χ3n) is 6.87. The van der Waals surface area contributed by atoms with Gasteiger partial charge in [0.1, 0.15) is 12.4 Å². The second-order valence-corrected chi connectivity index (χ2v) is 8.47. The molecule has 1 unspecified atom stereocenters. The quantitative estimate of drug-likeness (QED) is 0.699. The molecule has 2 aromatic rings. The lowest BCUT2D eigenvalue weighted by molar-refractivity contribution is 0.0696. The van der Waals surface area contributed by atoms with E-state index in [0.29, 0.717) is 25.7 Å². The highest BCUT2D eigenvalue weighted by Gasteiger charge is 2.53. The highest BCUT2D eigenvalue weighted by Crippen LogP contribution is 2.54. The molecule has 2 heterocycles. The smallest absolute Gasteiger partial charge is 0.409 e. The van der Waals surface area contributed by atoms with Crippen LogP contribution < -0.4 is 4.74 Å². The Morgan fingerprint density at radius 1 is 1.23 bits per heavy atom. The number of carbonyl (C=O) groups excluding carboxylic acids is 1. The van der Waals surface area contributed by atoms with Crippen LogP contribution in [0.3, 0.4) is 0 Å². The number of amides is 1. The Bertz CT molecular complexity index is 972. The summed E-state index contributed by atoms with van der Waals surface area (Å²) in [6, 6.07) is 16.6. The van der Waals surface area contributed by atoms with Crippen molar-refractivity contribution in [3.63, 3.8) is 0 Å². The molecule has 1 amide bonds. The number of fused-ring (bicyclic) bond motifs is 1. The van der Waals surface area contributed by atoms with Gasteiger partial charge in [-0.05, 0) is 67.9 Å². The minimum absolute atomic E-state index is 0.0529. The number of ether oxygens (including phenoxy) is 2. The molecule has 0 bridgehead atoms. The lowest BCUT2D eigenvalue weighted by Crippen LogP contribution is -2.56. The second-order valence-electron chi connectivity index (χ2n) is 8.47. The summed E-state index contributed by atoms with van der Waals surface area (Å²) < 4.78 is 11.4. The zero-order valence-electron chi connectivity index (χ0n) is 17.5. The van der Waals surface area contributed by atoms with E-state index in [1.54, 1.807) is 0 Å². The Morgan fingerprint density at radius 2 is 2.10 bits per heavy atom. The fourth-order valence-electron chi connectivity index (χ4n) is 5.48. The van der Waals surface area contributed by atoms with E-state index in [0.717, 1.165) is 49.2 Å². The van der Waals surface area contributed by atoms with Crippen molar-refractivity contribution in [1.82, 2.24) is 4.90 Å². The molecule has 5 heteroatoms. The number of piperidine rings is 1. The first-order valence-electron chi connectivity index (χ1n) is 11.0. The van der Waals surface area contributed by atoms with Crippen LogP contribution in [0.4, 0.5) is 10.5 Å². The van der Waals surface area contributed by atoms with Gasteiger partial charge in [0.25, 0.3) is 0 Å². The van der Waals surface area contributed by atoms with Gasteiger partial charge >= 0.3 is 6.09 Å². The minimum atomic E-state index is -0.186. The maximum absolute atomic E-state index is 12.3. The highest BCUT2D eigenvalue weighted by molar-refractivity contribution is 6.03. The summed E-state index contributed by atoms with van der Waals surface area (Å²) in [5.41, 5.74) is 4.77. The third-order valence-corrected chi connectivity index (χ3v) is 6.87. The van der Waals surface area contributed by atoms with Crippen LogP contribution in [0.25, 0.3) is 0 Å². The van der Waals surface area contributed by atoms with Gasteiger partial charge in [0.15, 0.2) is 0 Å². The van der Waals surface area contributed by atoms with Crippen LogP contribution in [0.2, 0.25) is 0 Å².